The van der Waals surface area contributed by atoms with Gasteiger partial charge in [0.1, 0.15) is 11.7 Å². The van der Waals surface area contributed by atoms with E-state index in [2.05, 4.69) is 0 Å². The van der Waals surface area contributed by atoms with Crippen molar-refractivity contribution in [3.8, 4) is 0 Å². The van der Waals surface area contributed by atoms with Gasteiger partial charge in [0.2, 0.25) is 11.8 Å². The Morgan fingerprint density at radius 2 is 1.76 bits per heavy atom. The lowest BCUT2D eigenvalue weighted by atomic mass is 9.92. The van der Waals surface area contributed by atoms with Gasteiger partial charge in [0.15, 0.2) is 11.6 Å². The van der Waals surface area contributed by atoms with E-state index in [0.717, 1.165) is 0 Å². The molecule has 8 heteroatoms. The van der Waals surface area contributed by atoms with E-state index in [0.29, 0.717) is 6.07 Å². The highest BCUT2D eigenvalue weighted by Gasteiger charge is 2.44. The van der Waals surface area contributed by atoms with Crippen LogP contribution in [0.1, 0.15) is 13.8 Å². The van der Waals surface area contributed by atoms with Crippen molar-refractivity contribution in [2.75, 3.05) is 4.90 Å². The normalized spacial score (nSPS) is 19.2. The summed E-state index contributed by atoms with van der Waals surface area (Å²) in [5.41, 5.74) is -0.867. The fourth-order valence-electron chi connectivity index (χ4n) is 2.11. The van der Waals surface area contributed by atoms with Crippen LogP contribution in [0.15, 0.2) is 12.1 Å². The summed E-state index contributed by atoms with van der Waals surface area (Å²) in [5, 5.41) is 1.87. The van der Waals surface area contributed by atoms with Gasteiger partial charge in [0.25, 0.3) is 0 Å². The number of carbonyl (C=O) groups excluding carboxylic acids is 3. The van der Waals surface area contributed by atoms with E-state index in [9.17, 15) is 27.6 Å². The quantitative estimate of drug-likeness (QED) is 0.670. The molecule has 1 N–H and O–H groups in total. The van der Waals surface area contributed by atoms with Crippen LogP contribution in [-0.4, -0.2) is 17.8 Å². The summed E-state index contributed by atoms with van der Waals surface area (Å²) >= 11 is 0. The third-order valence-corrected chi connectivity index (χ3v) is 3.08. The molecule has 0 bridgehead atoms. The molecule has 112 valence electrons. The molecule has 0 aromatic heterocycles. The number of nitrogens with zero attached hydrogens (tertiary/aromatic N) is 1. The molecular formula is C13H11F3N2O3. The molecular weight excluding hydrogens is 289 g/mol. The first-order valence-electron chi connectivity index (χ1n) is 6.07. The Bertz CT molecular complexity index is 646. The van der Waals surface area contributed by atoms with Crippen molar-refractivity contribution in [2.24, 2.45) is 11.8 Å². The zero-order valence-corrected chi connectivity index (χ0v) is 11.1. The third kappa shape index (κ3) is 2.48. The number of anilines is 1. The number of benzene rings is 1. The lowest BCUT2D eigenvalue weighted by Crippen LogP contribution is -2.59. The number of nitrogens with one attached hydrogen (secondary N) is 1. The first kappa shape index (κ1) is 15.0. The van der Waals surface area contributed by atoms with Crippen LogP contribution in [0.2, 0.25) is 0 Å². The molecule has 1 saturated heterocycles. The Morgan fingerprint density at radius 3 is 2.33 bits per heavy atom. The molecule has 1 aromatic carbocycles. The summed E-state index contributed by atoms with van der Waals surface area (Å²) in [4.78, 5) is 35.8. The number of barbiturate groups is 1. The summed E-state index contributed by atoms with van der Waals surface area (Å²) in [6.45, 7) is 3.11. The van der Waals surface area contributed by atoms with Crippen LogP contribution >= 0.6 is 0 Å². The highest BCUT2D eigenvalue weighted by molar-refractivity contribution is 6.27. The van der Waals surface area contributed by atoms with Crippen LogP contribution in [0.25, 0.3) is 0 Å². The molecule has 1 aliphatic rings. The minimum atomic E-state index is -1.54. The van der Waals surface area contributed by atoms with E-state index in [4.69, 9.17) is 0 Å². The number of urea groups is 1. The van der Waals surface area contributed by atoms with Gasteiger partial charge in [-0.25, -0.2) is 22.9 Å². The van der Waals surface area contributed by atoms with E-state index in [-0.39, 0.29) is 11.0 Å². The van der Waals surface area contributed by atoms with Crippen molar-refractivity contribution < 1.29 is 27.6 Å². The summed E-state index contributed by atoms with van der Waals surface area (Å²) in [7, 11) is 0. The minimum absolute atomic E-state index is 0.244. The summed E-state index contributed by atoms with van der Waals surface area (Å²) in [5.74, 6) is -7.80. The van der Waals surface area contributed by atoms with Crippen molar-refractivity contribution in [1.82, 2.24) is 5.32 Å². The zero-order chi connectivity index (χ0) is 15.9. The van der Waals surface area contributed by atoms with Crippen molar-refractivity contribution in [3.63, 3.8) is 0 Å². The molecule has 1 aromatic rings. The van der Waals surface area contributed by atoms with E-state index >= 15 is 0 Å². The average Bonchev–Trinajstić information content (AvgIpc) is 2.33. The zero-order valence-electron chi connectivity index (χ0n) is 11.1. The largest absolute Gasteiger partial charge is 0.335 e. The van der Waals surface area contributed by atoms with E-state index in [1.807, 2.05) is 5.32 Å². The Labute approximate surface area is 117 Å². The second kappa shape index (κ2) is 5.19. The highest BCUT2D eigenvalue weighted by Crippen LogP contribution is 2.28. The lowest BCUT2D eigenvalue weighted by molar-refractivity contribution is -0.136. The first-order chi connectivity index (χ1) is 9.73. The van der Waals surface area contributed by atoms with Gasteiger partial charge in [-0.3, -0.25) is 14.9 Å². The molecule has 2 rings (SSSR count). The molecule has 0 spiro atoms. The van der Waals surface area contributed by atoms with E-state index < -0.39 is 52.8 Å². The van der Waals surface area contributed by atoms with Crippen LogP contribution in [0.4, 0.5) is 23.7 Å². The number of amides is 4. The van der Waals surface area contributed by atoms with Crippen LogP contribution in [0, 0.1) is 29.3 Å². The number of halogens is 3. The van der Waals surface area contributed by atoms with Gasteiger partial charge in [-0.2, -0.15) is 0 Å². The second-order valence-electron chi connectivity index (χ2n) is 4.91. The summed E-state index contributed by atoms with van der Waals surface area (Å²) < 4.78 is 40.2. The van der Waals surface area contributed by atoms with E-state index in [1.165, 1.54) is 0 Å². The lowest BCUT2D eigenvalue weighted by Gasteiger charge is -2.31. The Kier molecular flexibility index (Phi) is 3.71. The maximum Gasteiger partial charge on any atom is 0.335 e. The standard InChI is InChI=1S/C13H11F3N2O3/c1-5(2)9-11(19)17-13(21)18(12(9)20)8-4-6(14)3-7(15)10(8)16/h3-5,9H,1-2H3,(H,17,19,21). The predicted molar refractivity (Wildman–Crippen MR) is 65.7 cm³/mol. The molecule has 0 saturated carbocycles. The SMILES string of the molecule is CC(C)C1C(=O)NC(=O)N(c2cc(F)cc(F)c2F)C1=O. The Morgan fingerprint density at radius 1 is 1.14 bits per heavy atom. The fourth-order valence-corrected chi connectivity index (χ4v) is 2.11. The van der Waals surface area contributed by atoms with E-state index in [1.54, 1.807) is 13.8 Å². The summed E-state index contributed by atoms with van der Waals surface area (Å²) in [6, 6.07) is -0.440. The number of imide groups is 2. The Hall–Kier alpha value is -2.38. The number of hydrogen-bond acceptors (Lipinski definition) is 3. The fraction of sp³-hybridized carbons (Fsp3) is 0.308. The topological polar surface area (TPSA) is 66.5 Å². The molecule has 1 unspecified atom stereocenters. The highest BCUT2D eigenvalue weighted by atomic mass is 19.2. The molecule has 0 radical (unpaired) electrons. The molecule has 1 aliphatic heterocycles. The van der Waals surface area contributed by atoms with Gasteiger partial charge in [-0.05, 0) is 5.92 Å². The summed E-state index contributed by atoms with van der Waals surface area (Å²) in [6.07, 6.45) is 0. The van der Waals surface area contributed by atoms with Gasteiger partial charge in [-0.1, -0.05) is 13.8 Å². The number of rotatable bonds is 2. The van der Waals surface area contributed by atoms with Gasteiger partial charge in [0.05, 0.1) is 5.69 Å². The van der Waals surface area contributed by atoms with Crippen molar-refractivity contribution >= 4 is 23.5 Å². The maximum absolute atomic E-state index is 13.7. The predicted octanol–water partition coefficient (Wildman–Crippen LogP) is 1.96. The molecule has 4 amide bonds. The monoisotopic (exact) mass is 300 g/mol. The number of hydrogen-bond donors (Lipinski definition) is 1. The van der Waals surface area contributed by atoms with Crippen molar-refractivity contribution in [1.29, 1.82) is 0 Å². The Balaban J connectivity index is 2.54. The minimum Gasteiger partial charge on any atom is -0.277 e. The van der Waals surface area contributed by atoms with Crippen LogP contribution in [-0.2, 0) is 9.59 Å². The van der Waals surface area contributed by atoms with Gasteiger partial charge >= 0.3 is 6.03 Å². The van der Waals surface area contributed by atoms with Crippen molar-refractivity contribution in [3.05, 3.63) is 29.6 Å². The molecule has 5 nitrogen and oxygen atoms in total. The number of carbonyl (C=O) groups is 3. The molecule has 1 atom stereocenters. The van der Waals surface area contributed by atoms with Crippen LogP contribution < -0.4 is 10.2 Å². The average molecular weight is 300 g/mol. The van der Waals surface area contributed by atoms with Crippen LogP contribution in [0.5, 0.6) is 0 Å². The third-order valence-electron chi connectivity index (χ3n) is 3.08. The van der Waals surface area contributed by atoms with Crippen LogP contribution in [0.3, 0.4) is 0 Å². The molecule has 21 heavy (non-hydrogen) atoms. The molecule has 1 heterocycles. The molecule has 1 fully saturated rings. The van der Waals surface area contributed by atoms with Crippen molar-refractivity contribution in [2.45, 2.75) is 13.8 Å². The second-order valence-corrected chi connectivity index (χ2v) is 4.91. The van der Waals surface area contributed by atoms with Gasteiger partial charge in [0, 0.05) is 12.1 Å². The van der Waals surface area contributed by atoms with Gasteiger partial charge < -0.3 is 0 Å². The maximum atomic E-state index is 13.7. The smallest absolute Gasteiger partial charge is 0.277 e. The van der Waals surface area contributed by atoms with Gasteiger partial charge in [-0.15, -0.1) is 0 Å². The molecule has 0 aliphatic carbocycles. The first-order valence-corrected chi connectivity index (χ1v) is 6.07.